The van der Waals surface area contributed by atoms with Crippen LogP contribution in [0.1, 0.15) is 29.6 Å². The van der Waals surface area contributed by atoms with Gasteiger partial charge in [-0.1, -0.05) is 68.9 Å². The van der Waals surface area contributed by atoms with Gasteiger partial charge < -0.3 is 19.0 Å². The number of likely N-dealkylation sites (tertiary alicyclic amines) is 1. The van der Waals surface area contributed by atoms with E-state index in [0.29, 0.717) is 45.8 Å². The van der Waals surface area contributed by atoms with Crippen LogP contribution in [-0.2, 0) is 13.6 Å². The van der Waals surface area contributed by atoms with E-state index in [9.17, 15) is 4.79 Å². The first-order valence-electron chi connectivity index (χ1n) is 12.8. The molecule has 1 aliphatic carbocycles. The number of aryl methyl sites for hydroxylation is 1. The van der Waals surface area contributed by atoms with Gasteiger partial charge in [0.15, 0.2) is 5.82 Å². The number of halogens is 4. The number of nitrogens with zero attached hydrogens (tertiary/aromatic N) is 4. The summed E-state index contributed by atoms with van der Waals surface area (Å²) in [6.07, 6.45) is 5.20. The van der Waals surface area contributed by atoms with Crippen molar-refractivity contribution in [1.82, 2.24) is 24.0 Å². The number of rotatable bonds is 5. The van der Waals surface area contributed by atoms with E-state index in [2.05, 4.69) is 66.9 Å². The highest BCUT2D eigenvalue weighted by molar-refractivity contribution is 14.1. The first-order chi connectivity index (χ1) is 18.3. The molecule has 2 atom stereocenters. The lowest BCUT2D eigenvalue weighted by atomic mass is 10.1. The molecule has 3 aromatic heterocycles. The molecule has 1 amide bonds. The van der Waals surface area contributed by atoms with Gasteiger partial charge in [0.05, 0.1) is 31.3 Å². The normalized spacial score (nSPS) is 20.0. The lowest BCUT2D eigenvalue weighted by Crippen LogP contribution is -2.32. The monoisotopic (exact) mass is 755 g/mol. The largest absolute Gasteiger partial charge is 0.358 e. The zero-order valence-electron chi connectivity index (χ0n) is 20.6. The number of alkyl halides is 2. The molecule has 7 rings (SSSR count). The fourth-order valence-corrected chi connectivity index (χ4v) is 7.91. The summed E-state index contributed by atoms with van der Waals surface area (Å²) < 4.78 is 20.9. The molecule has 2 fully saturated rings. The van der Waals surface area contributed by atoms with Crippen molar-refractivity contribution in [3.05, 3.63) is 52.9 Å². The summed E-state index contributed by atoms with van der Waals surface area (Å²) in [4.78, 5) is 23.5. The topological polar surface area (TPSA) is 58.9 Å². The molecule has 1 aliphatic heterocycles. The van der Waals surface area contributed by atoms with Gasteiger partial charge in [0.2, 0.25) is 0 Å². The van der Waals surface area contributed by atoms with Crippen molar-refractivity contribution >= 4 is 95.5 Å². The summed E-state index contributed by atoms with van der Waals surface area (Å²) in [5.41, 5.74) is 4.29. The number of hydrogen-bond donors (Lipinski definition) is 1. The smallest absolute Gasteiger partial charge is 0.254 e. The Morgan fingerprint density at radius 1 is 1.21 bits per heavy atom. The Morgan fingerprint density at radius 2 is 2.03 bits per heavy atom. The van der Waals surface area contributed by atoms with Gasteiger partial charge in [0, 0.05) is 47.1 Å². The van der Waals surface area contributed by atoms with E-state index < -0.39 is 5.82 Å². The summed E-state index contributed by atoms with van der Waals surface area (Å²) in [6, 6.07) is 9.38. The summed E-state index contributed by atoms with van der Waals surface area (Å²) in [6.45, 7) is 1.58. The molecule has 6 nitrogen and oxygen atoms in total. The Balaban J connectivity index is 1.37. The second-order valence-electron chi connectivity index (χ2n) is 10.6. The van der Waals surface area contributed by atoms with Crippen molar-refractivity contribution in [2.75, 3.05) is 11.0 Å². The van der Waals surface area contributed by atoms with Gasteiger partial charge in [-0.05, 0) is 49.3 Å². The number of nitrogens with one attached hydrogen (secondary N) is 1. The van der Waals surface area contributed by atoms with Crippen molar-refractivity contribution in [1.29, 1.82) is 0 Å². The molecule has 1 N–H and O–H groups in total. The lowest BCUT2D eigenvalue weighted by molar-refractivity contribution is 0.0781. The summed E-state index contributed by atoms with van der Waals surface area (Å²) in [5.74, 6) is 1.23. The Morgan fingerprint density at radius 3 is 2.76 bits per heavy atom. The minimum Gasteiger partial charge on any atom is -0.358 e. The summed E-state index contributed by atoms with van der Waals surface area (Å²) in [7, 11) is 1.85. The minimum absolute atomic E-state index is 0.120. The first-order valence-corrected chi connectivity index (χ1v) is 15.9. The molecule has 10 heteroatoms. The minimum atomic E-state index is -0.426. The molecule has 196 valence electrons. The number of amides is 1. The van der Waals surface area contributed by atoms with E-state index in [0.717, 1.165) is 44.9 Å². The van der Waals surface area contributed by atoms with Gasteiger partial charge in [-0.3, -0.25) is 4.79 Å². The average Bonchev–Trinajstić information content (AvgIpc) is 3.18. The molecule has 0 radical (unpaired) electrons. The molecule has 5 aromatic rings. The third-order valence-electron chi connectivity index (χ3n) is 8.00. The Kier molecular flexibility index (Phi) is 6.19. The number of benzene rings is 2. The maximum Gasteiger partial charge on any atom is 0.254 e. The summed E-state index contributed by atoms with van der Waals surface area (Å²) in [5, 5.41) is 2.77. The maximum atomic E-state index is 15.6. The van der Waals surface area contributed by atoms with E-state index >= 15 is 4.39 Å². The van der Waals surface area contributed by atoms with Crippen molar-refractivity contribution in [3.8, 4) is 11.5 Å². The fourth-order valence-electron chi connectivity index (χ4n) is 5.86. The number of H-pyrrole nitrogens is 1. The van der Waals surface area contributed by atoms with Crippen molar-refractivity contribution in [3.63, 3.8) is 0 Å². The Hall–Kier alpha value is -1.86. The summed E-state index contributed by atoms with van der Waals surface area (Å²) >= 11 is 11.1. The number of carbonyl (C=O) groups is 1. The second-order valence-corrected chi connectivity index (χ2v) is 13.3. The molecular weight excluding hydrogens is 731 g/mol. The fraction of sp³-hybridized carbons (Fsp3) is 0.357. The quantitative estimate of drug-likeness (QED) is 0.115. The molecular formula is C28H25ClFI2N5O. The standard InChI is InChI=1S/C28H25ClFI2N5O/c1-35-26-20(30)7-17(28(38)37-13-15(10-31)6-23(37)32)8-21(26)34-27(35)22-9-16-4-5-18-19(29)11-33-24(18)25(16)36(22)12-14-2-3-14/h4-5,7-9,11,14-15,23,33H,2-3,6,10,12-13H2,1H3/t15-,23+/m1/s1. The first kappa shape index (κ1) is 25.1. The van der Waals surface area contributed by atoms with Gasteiger partial charge in [0.1, 0.15) is 11.3 Å². The van der Waals surface area contributed by atoms with E-state index in [-0.39, 0.29) is 9.96 Å². The predicted molar refractivity (Wildman–Crippen MR) is 167 cm³/mol. The van der Waals surface area contributed by atoms with Crippen LogP contribution < -0.4 is 0 Å². The third kappa shape index (κ3) is 3.97. The van der Waals surface area contributed by atoms with Crippen LogP contribution in [0.4, 0.5) is 4.39 Å². The van der Waals surface area contributed by atoms with Crippen molar-refractivity contribution in [2.24, 2.45) is 18.9 Å². The van der Waals surface area contributed by atoms with Crippen LogP contribution in [0.3, 0.4) is 0 Å². The molecule has 2 aliphatic rings. The molecule has 4 heterocycles. The Labute approximate surface area is 251 Å². The number of aromatic nitrogens is 4. The highest BCUT2D eigenvalue weighted by Crippen LogP contribution is 2.40. The molecule has 1 saturated heterocycles. The van der Waals surface area contributed by atoms with E-state index in [1.807, 2.05) is 28.8 Å². The molecule has 2 aromatic carbocycles. The predicted octanol–water partition coefficient (Wildman–Crippen LogP) is 7.54. The van der Waals surface area contributed by atoms with E-state index in [1.54, 1.807) is 6.07 Å². The zero-order chi connectivity index (χ0) is 26.3. The second kappa shape index (κ2) is 9.36. The molecule has 38 heavy (non-hydrogen) atoms. The van der Waals surface area contributed by atoms with Gasteiger partial charge in [-0.15, -0.1) is 0 Å². The number of imidazole rings is 1. The van der Waals surface area contributed by atoms with E-state index in [1.165, 1.54) is 18.9 Å². The van der Waals surface area contributed by atoms with Gasteiger partial charge >= 0.3 is 0 Å². The third-order valence-corrected chi connectivity index (χ3v) is 10.7. The number of aromatic amines is 1. The maximum absolute atomic E-state index is 15.6. The van der Waals surface area contributed by atoms with Crippen LogP contribution in [0.25, 0.3) is 44.4 Å². The average molecular weight is 756 g/mol. The number of hydrogen-bond acceptors (Lipinski definition) is 2. The van der Waals surface area contributed by atoms with E-state index in [4.69, 9.17) is 16.6 Å². The van der Waals surface area contributed by atoms with Crippen LogP contribution >= 0.6 is 56.8 Å². The molecule has 0 spiro atoms. The molecule has 0 bridgehead atoms. The van der Waals surface area contributed by atoms with Crippen LogP contribution in [0.15, 0.2) is 36.5 Å². The van der Waals surface area contributed by atoms with Crippen LogP contribution in [0.2, 0.25) is 5.02 Å². The highest BCUT2D eigenvalue weighted by Gasteiger charge is 2.34. The van der Waals surface area contributed by atoms with Crippen molar-refractivity contribution < 1.29 is 9.18 Å². The van der Waals surface area contributed by atoms with Gasteiger partial charge in [0.25, 0.3) is 5.91 Å². The number of carbonyl (C=O) groups excluding carboxylic acids is 1. The Bertz CT molecular complexity index is 1750. The lowest BCUT2D eigenvalue weighted by Gasteiger charge is -2.20. The van der Waals surface area contributed by atoms with Crippen LogP contribution in [-0.4, -0.2) is 44.9 Å². The highest BCUT2D eigenvalue weighted by atomic mass is 127. The van der Waals surface area contributed by atoms with Crippen molar-refractivity contribution in [2.45, 2.75) is 29.9 Å². The SMILES string of the molecule is Cn1c(-c2cc3ccc4c(Cl)c[nH]c4c3n2CC2CC2)nc2cc(C(=O)N3C[C@@H](CI)C[C@H]3I)cc(F)c21. The van der Waals surface area contributed by atoms with Gasteiger partial charge in [-0.2, -0.15) is 0 Å². The van der Waals surface area contributed by atoms with Gasteiger partial charge in [-0.25, -0.2) is 9.37 Å². The van der Waals surface area contributed by atoms with Crippen LogP contribution in [0, 0.1) is 17.7 Å². The zero-order valence-corrected chi connectivity index (χ0v) is 25.7. The molecule has 0 unspecified atom stereocenters. The number of fused-ring (bicyclic) bond motifs is 4. The van der Waals surface area contributed by atoms with Crippen LogP contribution in [0.5, 0.6) is 0 Å². The molecule has 1 saturated carbocycles.